The maximum Gasteiger partial charge on any atom is 0.162 e. The fourth-order valence-electron chi connectivity index (χ4n) is 6.31. The van der Waals surface area contributed by atoms with Crippen molar-refractivity contribution in [1.29, 1.82) is 0 Å². The largest absolute Gasteiger partial charge is 0.489 e. The van der Waals surface area contributed by atoms with Gasteiger partial charge in [0.25, 0.3) is 0 Å². The molecule has 0 saturated carbocycles. The molecule has 3 aliphatic rings. The second kappa shape index (κ2) is 9.48. The van der Waals surface area contributed by atoms with Crippen molar-refractivity contribution in [1.82, 2.24) is 4.90 Å². The van der Waals surface area contributed by atoms with E-state index in [1.807, 2.05) is 42.5 Å². The van der Waals surface area contributed by atoms with Gasteiger partial charge in [-0.2, -0.15) is 0 Å². The molecule has 2 aromatic rings. The topological polar surface area (TPSA) is 46.6 Å². The Bertz CT molecular complexity index is 1260. The summed E-state index contributed by atoms with van der Waals surface area (Å²) in [5.74, 6) is 0.567. The smallest absolute Gasteiger partial charge is 0.162 e. The maximum atomic E-state index is 14.0. The highest BCUT2D eigenvalue weighted by Crippen LogP contribution is 2.55. The molecule has 2 aliphatic carbocycles. The van der Waals surface area contributed by atoms with Crippen molar-refractivity contribution in [2.24, 2.45) is 10.8 Å². The zero-order valence-corrected chi connectivity index (χ0v) is 22.5. The first kappa shape index (κ1) is 25.3. The van der Waals surface area contributed by atoms with E-state index in [1.165, 1.54) is 5.56 Å². The predicted molar refractivity (Wildman–Crippen MR) is 147 cm³/mol. The van der Waals surface area contributed by atoms with Gasteiger partial charge in [-0.25, -0.2) is 0 Å². The van der Waals surface area contributed by atoms with Gasteiger partial charge in [0.15, 0.2) is 11.6 Å². The van der Waals surface area contributed by atoms with E-state index in [0.29, 0.717) is 31.7 Å². The van der Waals surface area contributed by atoms with Crippen molar-refractivity contribution in [3.05, 3.63) is 101 Å². The first-order valence-corrected chi connectivity index (χ1v) is 13.3. The number of nitrogens with zero attached hydrogens (tertiary/aromatic N) is 1. The molecule has 0 bridgehead atoms. The minimum absolute atomic E-state index is 0.136. The van der Waals surface area contributed by atoms with Crippen molar-refractivity contribution < 1.29 is 14.3 Å². The molecule has 1 aliphatic heterocycles. The summed E-state index contributed by atoms with van der Waals surface area (Å²) in [4.78, 5) is 30.3. The molecule has 4 heteroatoms. The van der Waals surface area contributed by atoms with Gasteiger partial charge in [0.2, 0.25) is 0 Å². The van der Waals surface area contributed by atoms with E-state index in [0.717, 1.165) is 40.9 Å². The van der Waals surface area contributed by atoms with Gasteiger partial charge in [-0.1, -0.05) is 88.9 Å². The van der Waals surface area contributed by atoms with Crippen LogP contribution in [0.3, 0.4) is 0 Å². The molecule has 192 valence electrons. The number of Topliss-reactive ketones (excluding diaryl/α,β-unsaturated/α-hetero) is 2. The first-order valence-electron chi connectivity index (χ1n) is 13.3. The van der Waals surface area contributed by atoms with E-state index in [4.69, 9.17) is 4.74 Å². The van der Waals surface area contributed by atoms with Crippen molar-refractivity contribution in [3.8, 4) is 5.75 Å². The van der Waals surface area contributed by atoms with Crippen LogP contribution in [0, 0.1) is 10.8 Å². The molecule has 0 saturated heterocycles. The Morgan fingerprint density at radius 3 is 1.95 bits per heavy atom. The van der Waals surface area contributed by atoms with E-state index < -0.39 is 5.92 Å². The van der Waals surface area contributed by atoms with E-state index in [-0.39, 0.29) is 22.4 Å². The molecule has 2 aromatic carbocycles. The van der Waals surface area contributed by atoms with Gasteiger partial charge in [0.1, 0.15) is 12.4 Å². The number of carbonyl (C=O) groups excluding carboxylic acids is 2. The average Bonchev–Trinajstić information content (AvgIpc) is 2.83. The molecule has 4 nitrogen and oxygen atoms in total. The lowest BCUT2D eigenvalue weighted by Crippen LogP contribution is -2.44. The summed E-state index contributed by atoms with van der Waals surface area (Å²) in [6, 6.07) is 18.2. The number of ether oxygens (including phenoxy) is 1. The summed E-state index contributed by atoms with van der Waals surface area (Å²) in [5, 5.41) is 0. The third-order valence-electron chi connectivity index (χ3n) is 7.79. The minimum Gasteiger partial charge on any atom is -0.489 e. The number of rotatable bonds is 6. The normalized spacial score (nSPS) is 21.0. The Labute approximate surface area is 220 Å². The second-order valence-corrected chi connectivity index (χ2v) is 12.2. The monoisotopic (exact) mass is 495 g/mol. The highest BCUT2D eigenvalue weighted by atomic mass is 16.5. The first-order chi connectivity index (χ1) is 17.6. The summed E-state index contributed by atoms with van der Waals surface area (Å²) in [6.45, 7) is 13.5. The summed E-state index contributed by atoms with van der Waals surface area (Å²) in [7, 11) is 0. The van der Waals surface area contributed by atoms with Crippen molar-refractivity contribution in [2.45, 2.75) is 65.8 Å². The van der Waals surface area contributed by atoms with Crippen molar-refractivity contribution in [2.75, 3.05) is 6.61 Å². The fourth-order valence-corrected chi connectivity index (χ4v) is 6.31. The van der Waals surface area contributed by atoms with Gasteiger partial charge in [0, 0.05) is 53.4 Å². The molecule has 1 heterocycles. The lowest BCUT2D eigenvalue weighted by molar-refractivity contribution is -0.119. The van der Waals surface area contributed by atoms with Gasteiger partial charge in [-0.05, 0) is 35.3 Å². The van der Waals surface area contributed by atoms with Gasteiger partial charge in [-0.3, -0.25) is 9.59 Å². The lowest BCUT2D eigenvalue weighted by atomic mass is 9.63. The average molecular weight is 496 g/mol. The predicted octanol–water partition coefficient (Wildman–Crippen LogP) is 7.14. The lowest BCUT2D eigenvalue weighted by Gasteiger charge is -2.49. The molecule has 0 amide bonds. The fraction of sp³-hybridized carbons (Fsp3) is 0.394. The van der Waals surface area contributed by atoms with E-state index in [9.17, 15) is 9.59 Å². The quantitative estimate of drug-likeness (QED) is 0.400. The van der Waals surface area contributed by atoms with Gasteiger partial charge >= 0.3 is 0 Å². The van der Waals surface area contributed by atoms with Gasteiger partial charge in [-0.15, -0.1) is 0 Å². The second-order valence-electron chi connectivity index (χ2n) is 12.2. The standard InChI is InChI=1S/C33H37NO3/c1-6-16-37-28-15-11-10-14-23(28)29-30-24(17-32(2,3)19-26(30)35)34(21-22-12-8-7-9-13-22)25-18-33(4,5)20-27(36)31(25)29/h6-15,29H,1,16-21H2,2-5H3. The molecule has 0 unspecified atom stereocenters. The van der Waals surface area contributed by atoms with Crippen LogP contribution in [0.15, 0.2) is 89.8 Å². The van der Waals surface area contributed by atoms with Crippen molar-refractivity contribution in [3.63, 3.8) is 0 Å². The van der Waals surface area contributed by atoms with Crippen LogP contribution in [0.5, 0.6) is 5.75 Å². The molecule has 0 N–H and O–H groups in total. The molecule has 5 rings (SSSR count). The Morgan fingerprint density at radius 2 is 1.38 bits per heavy atom. The molecular weight excluding hydrogens is 458 g/mol. The highest BCUT2D eigenvalue weighted by Gasteiger charge is 2.49. The molecule has 37 heavy (non-hydrogen) atoms. The number of ketones is 2. The number of hydrogen-bond acceptors (Lipinski definition) is 4. The molecule has 0 fully saturated rings. The zero-order chi connectivity index (χ0) is 26.4. The van der Waals surface area contributed by atoms with E-state index in [1.54, 1.807) is 6.08 Å². The van der Waals surface area contributed by atoms with Crippen molar-refractivity contribution >= 4 is 11.6 Å². The number of para-hydroxylation sites is 1. The molecular formula is C33H37NO3. The number of benzene rings is 2. The summed E-state index contributed by atoms with van der Waals surface area (Å²) in [6.07, 6.45) is 4.24. The van der Waals surface area contributed by atoms with Crippen LogP contribution >= 0.6 is 0 Å². The number of hydrogen-bond donors (Lipinski definition) is 0. The van der Waals surface area contributed by atoms with Gasteiger partial charge in [0.05, 0.1) is 0 Å². The number of allylic oxidation sites excluding steroid dienone is 4. The highest BCUT2D eigenvalue weighted by molar-refractivity contribution is 6.07. The summed E-state index contributed by atoms with van der Waals surface area (Å²) >= 11 is 0. The number of carbonyl (C=O) groups is 2. The van der Waals surface area contributed by atoms with Crippen LogP contribution in [-0.4, -0.2) is 23.1 Å². The minimum atomic E-state index is -0.412. The Hall–Kier alpha value is -3.40. The van der Waals surface area contributed by atoms with Crippen LogP contribution in [0.25, 0.3) is 0 Å². The third-order valence-corrected chi connectivity index (χ3v) is 7.79. The Morgan fingerprint density at radius 1 is 0.838 bits per heavy atom. The Kier molecular flexibility index (Phi) is 6.47. The SMILES string of the molecule is C=CCOc1ccccc1C1C2=C(CC(C)(C)CC2=O)N(Cc2ccccc2)C2=C1C(=O)CC(C)(C)C2. The van der Waals surface area contributed by atoms with E-state index >= 15 is 0 Å². The van der Waals surface area contributed by atoms with Crippen LogP contribution in [0.4, 0.5) is 0 Å². The molecule has 0 spiro atoms. The molecule has 0 atom stereocenters. The molecule has 0 aromatic heterocycles. The van der Waals surface area contributed by atoms with Crippen LogP contribution in [-0.2, 0) is 16.1 Å². The maximum absolute atomic E-state index is 14.0. The van der Waals surface area contributed by atoms with Gasteiger partial charge < -0.3 is 9.64 Å². The zero-order valence-electron chi connectivity index (χ0n) is 22.5. The summed E-state index contributed by atoms with van der Waals surface area (Å²) in [5.41, 5.74) is 5.44. The van der Waals surface area contributed by atoms with Crippen LogP contribution < -0.4 is 4.74 Å². The third kappa shape index (κ3) is 4.82. The van der Waals surface area contributed by atoms with E-state index in [2.05, 4.69) is 51.3 Å². The Balaban J connectivity index is 1.77. The summed E-state index contributed by atoms with van der Waals surface area (Å²) < 4.78 is 6.07. The molecule has 0 radical (unpaired) electrons. The van der Waals surface area contributed by atoms with Crippen LogP contribution in [0.1, 0.15) is 70.4 Å². The van der Waals surface area contributed by atoms with Crippen LogP contribution in [0.2, 0.25) is 0 Å².